The molecular weight excluding hydrogens is 266 g/mol. The summed E-state index contributed by atoms with van der Waals surface area (Å²) in [4.78, 5) is 13.6. The quantitative estimate of drug-likeness (QED) is 0.768. The second kappa shape index (κ2) is 8.60. The molecule has 4 nitrogen and oxygen atoms in total. The van der Waals surface area contributed by atoms with Crippen molar-refractivity contribution in [3.8, 4) is 0 Å². The molecule has 1 aromatic rings. The number of aliphatic hydroxyl groups excluding tert-OH is 1. The van der Waals surface area contributed by atoms with E-state index in [2.05, 4.69) is 5.32 Å². The predicted octanol–water partition coefficient (Wildman–Crippen LogP) is 2.00. The molecule has 20 heavy (non-hydrogen) atoms. The first-order chi connectivity index (χ1) is 9.56. The van der Waals surface area contributed by atoms with Crippen molar-refractivity contribution in [2.45, 2.75) is 19.8 Å². The lowest BCUT2D eigenvalue weighted by molar-refractivity contribution is -0.117. The SMILES string of the molecule is CCCCN(CCO)CC(=O)Nc1cc(F)ccc1F. The number of anilines is 1. The number of carbonyl (C=O) groups is 1. The summed E-state index contributed by atoms with van der Waals surface area (Å²) in [6.45, 7) is 3.07. The van der Waals surface area contributed by atoms with Crippen molar-refractivity contribution in [3.63, 3.8) is 0 Å². The summed E-state index contributed by atoms with van der Waals surface area (Å²) in [6.07, 6.45) is 1.88. The monoisotopic (exact) mass is 286 g/mol. The lowest BCUT2D eigenvalue weighted by Gasteiger charge is -2.20. The second-order valence-electron chi connectivity index (χ2n) is 4.53. The zero-order valence-electron chi connectivity index (χ0n) is 11.5. The van der Waals surface area contributed by atoms with Crippen LogP contribution in [0.5, 0.6) is 0 Å². The Balaban J connectivity index is 2.58. The highest BCUT2D eigenvalue weighted by Crippen LogP contribution is 2.15. The fraction of sp³-hybridized carbons (Fsp3) is 0.500. The molecule has 0 aromatic heterocycles. The van der Waals surface area contributed by atoms with Crippen molar-refractivity contribution >= 4 is 11.6 Å². The number of nitrogens with one attached hydrogen (secondary N) is 1. The number of benzene rings is 1. The molecule has 1 rings (SSSR count). The molecule has 0 unspecified atom stereocenters. The molecule has 112 valence electrons. The number of hydrogen-bond acceptors (Lipinski definition) is 3. The van der Waals surface area contributed by atoms with Crippen molar-refractivity contribution in [2.75, 3.05) is 31.6 Å². The van der Waals surface area contributed by atoms with Crippen LogP contribution in [0.25, 0.3) is 0 Å². The number of amides is 1. The first kappa shape index (κ1) is 16.5. The lowest BCUT2D eigenvalue weighted by Crippen LogP contribution is -2.36. The predicted molar refractivity (Wildman–Crippen MR) is 73.4 cm³/mol. The molecular formula is C14H20F2N2O2. The molecule has 2 N–H and O–H groups in total. The standard InChI is InChI=1S/C14H20F2N2O2/c1-2-3-6-18(7-8-19)10-14(20)17-13-9-11(15)4-5-12(13)16/h4-5,9,19H,2-3,6-8,10H2,1H3,(H,17,20). The van der Waals surface area contributed by atoms with E-state index in [1.165, 1.54) is 0 Å². The average Bonchev–Trinajstić information content (AvgIpc) is 2.40. The third kappa shape index (κ3) is 5.63. The van der Waals surface area contributed by atoms with E-state index in [1.807, 2.05) is 6.92 Å². The van der Waals surface area contributed by atoms with Crippen molar-refractivity contribution in [1.29, 1.82) is 0 Å². The van der Waals surface area contributed by atoms with Gasteiger partial charge in [0.2, 0.25) is 5.91 Å². The topological polar surface area (TPSA) is 52.6 Å². The molecule has 0 fully saturated rings. The molecule has 0 aliphatic carbocycles. The van der Waals surface area contributed by atoms with Crippen molar-refractivity contribution in [3.05, 3.63) is 29.8 Å². The summed E-state index contributed by atoms with van der Waals surface area (Å²) in [7, 11) is 0. The number of hydrogen-bond donors (Lipinski definition) is 2. The van der Waals surface area contributed by atoms with Crippen LogP contribution >= 0.6 is 0 Å². The summed E-state index contributed by atoms with van der Waals surface area (Å²) in [5.74, 6) is -1.72. The Hall–Kier alpha value is -1.53. The molecule has 0 saturated heterocycles. The third-order valence-electron chi connectivity index (χ3n) is 2.81. The molecule has 6 heteroatoms. The van der Waals surface area contributed by atoms with Crippen molar-refractivity contribution < 1.29 is 18.7 Å². The van der Waals surface area contributed by atoms with Crippen LogP contribution in [0.2, 0.25) is 0 Å². The first-order valence-corrected chi connectivity index (χ1v) is 6.65. The van der Waals surface area contributed by atoms with Gasteiger partial charge in [0, 0.05) is 12.6 Å². The zero-order valence-corrected chi connectivity index (χ0v) is 11.5. The molecule has 1 aromatic carbocycles. The number of aliphatic hydroxyl groups is 1. The van der Waals surface area contributed by atoms with Crippen molar-refractivity contribution in [2.24, 2.45) is 0 Å². The molecule has 0 aliphatic rings. The Labute approximate surface area is 117 Å². The van der Waals surface area contributed by atoms with E-state index in [9.17, 15) is 13.6 Å². The number of rotatable bonds is 8. The molecule has 0 atom stereocenters. The smallest absolute Gasteiger partial charge is 0.238 e. The van der Waals surface area contributed by atoms with Crippen LogP contribution in [-0.4, -0.2) is 42.2 Å². The molecule has 1 amide bonds. The van der Waals surface area contributed by atoms with E-state index in [4.69, 9.17) is 5.11 Å². The summed E-state index contributed by atoms with van der Waals surface area (Å²) in [5.41, 5.74) is -0.172. The molecule has 0 radical (unpaired) electrons. The van der Waals surface area contributed by atoms with Gasteiger partial charge in [0.05, 0.1) is 18.8 Å². The minimum Gasteiger partial charge on any atom is -0.395 e. The molecule has 0 saturated carbocycles. The molecule has 0 bridgehead atoms. The normalized spacial score (nSPS) is 10.8. The van der Waals surface area contributed by atoms with Gasteiger partial charge in [0.1, 0.15) is 11.6 Å². The van der Waals surface area contributed by atoms with Crippen LogP contribution in [0.15, 0.2) is 18.2 Å². The third-order valence-corrected chi connectivity index (χ3v) is 2.81. The van der Waals surface area contributed by atoms with Gasteiger partial charge in [0.15, 0.2) is 0 Å². The van der Waals surface area contributed by atoms with E-state index in [1.54, 1.807) is 4.90 Å². The minimum absolute atomic E-state index is 0.0382. The largest absolute Gasteiger partial charge is 0.395 e. The molecule has 0 spiro atoms. The van der Waals surface area contributed by atoms with Gasteiger partial charge in [-0.2, -0.15) is 0 Å². The number of unbranched alkanes of at least 4 members (excludes halogenated alkanes) is 1. The maximum Gasteiger partial charge on any atom is 0.238 e. The van der Waals surface area contributed by atoms with Crippen LogP contribution in [0.4, 0.5) is 14.5 Å². The Kier molecular flexibility index (Phi) is 7.11. The fourth-order valence-corrected chi connectivity index (χ4v) is 1.78. The highest BCUT2D eigenvalue weighted by Gasteiger charge is 2.12. The van der Waals surface area contributed by atoms with E-state index in [-0.39, 0.29) is 18.8 Å². The van der Waals surface area contributed by atoms with Gasteiger partial charge in [0.25, 0.3) is 0 Å². The Morgan fingerprint density at radius 2 is 2.10 bits per heavy atom. The van der Waals surface area contributed by atoms with Crippen LogP contribution in [0.3, 0.4) is 0 Å². The maximum atomic E-state index is 13.4. The Bertz CT molecular complexity index is 441. The van der Waals surface area contributed by atoms with Crippen LogP contribution in [0, 0.1) is 11.6 Å². The Morgan fingerprint density at radius 3 is 2.75 bits per heavy atom. The van der Waals surface area contributed by atoms with Gasteiger partial charge in [-0.15, -0.1) is 0 Å². The van der Waals surface area contributed by atoms with Gasteiger partial charge in [-0.3, -0.25) is 9.69 Å². The minimum atomic E-state index is -0.679. The van der Waals surface area contributed by atoms with Gasteiger partial charge in [-0.05, 0) is 25.1 Å². The zero-order chi connectivity index (χ0) is 15.0. The summed E-state index contributed by atoms with van der Waals surface area (Å²) in [5, 5.41) is 11.3. The first-order valence-electron chi connectivity index (χ1n) is 6.65. The van der Waals surface area contributed by atoms with Crippen LogP contribution in [0.1, 0.15) is 19.8 Å². The number of nitrogens with zero attached hydrogens (tertiary/aromatic N) is 1. The molecule has 0 heterocycles. The second-order valence-corrected chi connectivity index (χ2v) is 4.53. The average molecular weight is 286 g/mol. The van der Waals surface area contributed by atoms with E-state index >= 15 is 0 Å². The van der Waals surface area contributed by atoms with E-state index in [0.29, 0.717) is 13.1 Å². The summed E-state index contributed by atoms with van der Waals surface area (Å²) < 4.78 is 26.4. The van der Waals surface area contributed by atoms with Gasteiger partial charge in [-0.1, -0.05) is 13.3 Å². The van der Waals surface area contributed by atoms with E-state index in [0.717, 1.165) is 31.0 Å². The highest BCUT2D eigenvalue weighted by molar-refractivity contribution is 5.92. The Morgan fingerprint density at radius 1 is 1.35 bits per heavy atom. The van der Waals surface area contributed by atoms with Crippen LogP contribution in [-0.2, 0) is 4.79 Å². The van der Waals surface area contributed by atoms with Gasteiger partial charge >= 0.3 is 0 Å². The maximum absolute atomic E-state index is 13.4. The van der Waals surface area contributed by atoms with Crippen LogP contribution < -0.4 is 5.32 Å². The molecule has 0 aliphatic heterocycles. The number of halogens is 2. The lowest BCUT2D eigenvalue weighted by atomic mass is 10.3. The summed E-state index contributed by atoms with van der Waals surface area (Å²) >= 11 is 0. The van der Waals surface area contributed by atoms with Crippen molar-refractivity contribution in [1.82, 2.24) is 4.90 Å². The van der Waals surface area contributed by atoms with Gasteiger partial charge in [-0.25, -0.2) is 8.78 Å². The highest BCUT2D eigenvalue weighted by atomic mass is 19.1. The van der Waals surface area contributed by atoms with Gasteiger partial charge < -0.3 is 10.4 Å². The number of carbonyl (C=O) groups excluding carboxylic acids is 1. The summed E-state index contributed by atoms with van der Waals surface area (Å²) in [6, 6.07) is 2.90. The fourth-order valence-electron chi connectivity index (χ4n) is 1.78. The van der Waals surface area contributed by atoms with E-state index < -0.39 is 17.5 Å².